The quantitative estimate of drug-likeness (QED) is 0.536. The van der Waals surface area contributed by atoms with E-state index in [-0.39, 0.29) is 31.0 Å². The molecule has 0 fully saturated rings. The first-order chi connectivity index (χ1) is 10.7. The van der Waals surface area contributed by atoms with Crippen molar-refractivity contribution in [3.63, 3.8) is 0 Å². The van der Waals surface area contributed by atoms with Gasteiger partial charge >= 0.3 is 5.97 Å². The number of carbonyl (C=O) groups excluding carboxylic acids is 1. The van der Waals surface area contributed by atoms with Crippen LogP contribution in [0.5, 0.6) is 0 Å². The summed E-state index contributed by atoms with van der Waals surface area (Å²) >= 11 is 0. The van der Waals surface area contributed by atoms with Crippen molar-refractivity contribution in [2.45, 2.75) is 39.3 Å². The first-order valence-electron chi connectivity index (χ1n) is 7.09. The van der Waals surface area contributed by atoms with E-state index in [9.17, 15) is 24.5 Å². The van der Waals surface area contributed by atoms with Crippen LogP contribution in [0.25, 0.3) is 0 Å². The van der Waals surface area contributed by atoms with Crippen molar-refractivity contribution in [2.24, 2.45) is 5.92 Å². The van der Waals surface area contributed by atoms with Crippen LogP contribution in [0.2, 0.25) is 0 Å². The maximum absolute atomic E-state index is 11.7. The number of pyridine rings is 1. The van der Waals surface area contributed by atoms with Crippen molar-refractivity contribution >= 4 is 17.6 Å². The summed E-state index contributed by atoms with van der Waals surface area (Å²) in [5.41, 5.74) is -0.610. The summed E-state index contributed by atoms with van der Waals surface area (Å²) in [6.07, 6.45) is 1.40. The Kier molecular flexibility index (Phi) is 6.43. The molecule has 2 N–H and O–H groups in total. The molecule has 0 aromatic carbocycles. The fourth-order valence-electron chi connectivity index (χ4n) is 1.97. The highest BCUT2D eigenvalue weighted by molar-refractivity contribution is 5.83. The van der Waals surface area contributed by atoms with Gasteiger partial charge in [0.2, 0.25) is 5.91 Å². The molecule has 0 aliphatic rings. The van der Waals surface area contributed by atoms with E-state index >= 15 is 0 Å². The molecule has 0 aliphatic heterocycles. The minimum absolute atomic E-state index is 0.0195. The fourth-order valence-corrected chi connectivity index (χ4v) is 1.97. The summed E-state index contributed by atoms with van der Waals surface area (Å²) in [5.74, 6) is -1.80. The number of carboxylic acids is 1. The zero-order chi connectivity index (χ0) is 17.6. The van der Waals surface area contributed by atoms with E-state index in [1.165, 1.54) is 0 Å². The average Bonchev–Trinajstić information content (AvgIpc) is 2.45. The van der Waals surface area contributed by atoms with Gasteiger partial charge in [0.15, 0.2) is 0 Å². The van der Waals surface area contributed by atoms with Crippen LogP contribution in [0.15, 0.2) is 23.1 Å². The summed E-state index contributed by atoms with van der Waals surface area (Å²) in [7, 11) is 0. The third-order valence-corrected chi connectivity index (χ3v) is 3.23. The van der Waals surface area contributed by atoms with Gasteiger partial charge in [-0.2, -0.15) is 0 Å². The van der Waals surface area contributed by atoms with Gasteiger partial charge in [0.1, 0.15) is 6.04 Å². The highest BCUT2D eigenvalue weighted by Gasteiger charge is 2.23. The smallest absolute Gasteiger partial charge is 0.326 e. The highest BCUT2D eigenvalue weighted by Crippen LogP contribution is 2.07. The minimum Gasteiger partial charge on any atom is -0.480 e. The van der Waals surface area contributed by atoms with Gasteiger partial charge < -0.3 is 15.0 Å². The van der Waals surface area contributed by atoms with Crippen molar-refractivity contribution in [1.29, 1.82) is 0 Å². The van der Waals surface area contributed by atoms with Crippen LogP contribution < -0.4 is 10.9 Å². The van der Waals surface area contributed by atoms with Gasteiger partial charge in [-0.15, -0.1) is 0 Å². The van der Waals surface area contributed by atoms with Crippen LogP contribution in [0, 0.1) is 16.0 Å². The second kappa shape index (κ2) is 8.06. The van der Waals surface area contributed by atoms with Crippen LogP contribution >= 0.6 is 0 Å². The highest BCUT2D eigenvalue weighted by atomic mass is 16.6. The fraction of sp³-hybridized carbons (Fsp3) is 0.500. The SMILES string of the molecule is CC(C)C(NC(=O)CCCn1cc([N+](=O)[O-])ccc1=O)C(=O)O. The molecule has 1 heterocycles. The molecule has 0 bridgehead atoms. The maximum Gasteiger partial charge on any atom is 0.326 e. The summed E-state index contributed by atoms with van der Waals surface area (Å²) in [4.78, 5) is 44.4. The lowest BCUT2D eigenvalue weighted by atomic mass is 10.0. The van der Waals surface area contributed by atoms with Crippen LogP contribution in [0.4, 0.5) is 5.69 Å². The van der Waals surface area contributed by atoms with E-state index in [1.54, 1.807) is 13.8 Å². The van der Waals surface area contributed by atoms with Crippen molar-refractivity contribution in [3.8, 4) is 0 Å². The molecule has 0 saturated carbocycles. The van der Waals surface area contributed by atoms with E-state index in [4.69, 9.17) is 5.11 Å². The van der Waals surface area contributed by atoms with Gasteiger partial charge in [-0.05, 0) is 12.3 Å². The zero-order valence-corrected chi connectivity index (χ0v) is 12.9. The average molecular weight is 325 g/mol. The van der Waals surface area contributed by atoms with Crippen molar-refractivity contribution in [1.82, 2.24) is 9.88 Å². The normalized spacial score (nSPS) is 12.0. The lowest BCUT2D eigenvalue weighted by molar-refractivity contribution is -0.385. The molecule has 0 radical (unpaired) electrons. The van der Waals surface area contributed by atoms with Gasteiger partial charge in [0.25, 0.3) is 11.2 Å². The minimum atomic E-state index is -1.11. The molecular weight excluding hydrogens is 306 g/mol. The molecule has 1 amide bonds. The summed E-state index contributed by atoms with van der Waals surface area (Å²) in [6.45, 7) is 3.50. The topological polar surface area (TPSA) is 132 Å². The molecule has 1 unspecified atom stereocenters. The summed E-state index contributed by atoms with van der Waals surface area (Å²) < 4.78 is 1.16. The first kappa shape index (κ1) is 18.3. The Morgan fingerprint density at radius 1 is 1.39 bits per heavy atom. The Labute approximate surface area is 132 Å². The second-order valence-electron chi connectivity index (χ2n) is 5.41. The van der Waals surface area contributed by atoms with Crippen molar-refractivity contribution < 1.29 is 19.6 Å². The number of nitrogens with one attached hydrogen (secondary N) is 1. The van der Waals surface area contributed by atoms with E-state index < -0.39 is 28.4 Å². The Hall–Kier alpha value is -2.71. The second-order valence-corrected chi connectivity index (χ2v) is 5.41. The summed E-state index contributed by atoms with van der Waals surface area (Å²) in [6, 6.07) is 1.24. The molecule has 0 spiro atoms. The summed E-state index contributed by atoms with van der Waals surface area (Å²) in [5, 5.41) is 22.1. The number of nitro groups is 1. The lowest BCUT2D eigenvalue weighted by Gasteiger charge is -2.17. The van der Waals surface area contributed by atoms with Gasteiger partial charge in [0, 0.05) is 25.1 Å². The molecular formula is C14H19N3O6. The van der Waals surface area contributed by atoms with E-state index in [0.29, 0.717) is 0 Å². The predicted molar refractivity (Wildman–Crippen MR) is 81.0 cm³/mol. The molecule has 1 rings (SSSR count). The molecule has 9 heteroatoms. The molecule has 0 saturated heterocycles. The van der Waals surface area contributed by atoms with Crippen LogP contribution in [-0.4, -0.2) is 32.5 Å². The molecule has 23 heavy (non-hydrogen) atoms. The number of carboxylic acid groups (broad SMARTS) is 1. The van der Waals surface area contributed by atoms with Crippen LogP contribution in [0.3, 0.4) is 0 Å². The largest absolute Gasteiger partial charge is 0.480 e. The number of rotatable bonds is 8. The number of hydrogen-bond donors (Lipinski definition) is 2. The van der Waals surface area contributed by atoms with Gasteiger partial charge in [0.05, 0.1) is 11.1 Å². The Morgan fingerprint density at radius 3 is 2.57 bits per heavy atom. The van der Waals surface area contributed by atoms with E-state index in [1.807, 2.05) is 0 Å². The number of aromatic nitrogens is 1. The number of aryl methyl sites for hydroxylation is 1. The first-order valence-corrected chi connectivity index (χ1v) is 7.09. The Bertz CT molecular complexity index is 652. The molecule has 0 aliphatic carbocycles. The standard InChI is InChI=1S/C14H19N3O6/c1-9(2)13(14(20)21)15-11(18)4-3-7-16-8-10(17(22)23)5-6-12(16)19/h5-6,8-9,13H,3-4,7H2,1-2H3,(H,15,18)(H,20,21). The monoisotopic (exact) mass is 325 g/mol. The number of aliphatic carboxylic acids is 1. The molecule has 1 atom stereocenters. The predicted octanol–water partition coefficient (Wildman–Crippen LogP) is 0.762. The maximum atomic E-state index is 11.7. The van der Waals surface area contributed by atoms with Crippen LogP contribution in [-0.2, 0) is 16.1 Å². The Morgan fingerprint density at radius 2 is 2.04 bits per heavy atom. The van der Waals surface area contributed by atoms with E-state index in [2.05, 4.69) is 5.32 Å². The van der Waals surface area contributed by atoms with Gasteiger partial charge in [-0.1, -0.05) is 13.8 Å². The lowest BCUT2D eigenvalue weighted by Crippen LogP contribution is -2.44. The molecule has 1 aromatic heterocycles. The third-order valence-electron chi connectivity index (χ3n) is 3.23. The van der Waals surface area contributed by atoms with Gasteiger partial charge in [-0.3, -0.25) is 19.7 Å². The number of nitrogens with zero attached hydrogens (tertiary/aromatic N) is 2. The van der Waals surface area contributed by atoms with Gasteiger partial charge in [-0.25, -0.2) is 4.79 Å². The van der Waals surface area contributed by atoms with Crippen LogP contribution in [0.1, 0.15) is 26.7 Å². The molecule has 9 nitrogen and oxygen atoms in total. The zero-order valence-electron chi connectivity index (χ0n) is 12.9. The molecule has 1 aromatic rings. The van der Waals surface area contributed by atoms with E-state index in [0.717, 1.165) is 22.9 Å². The number of amides is 1. The number of hydrogen-bond acceptors (Lipinski definition) is 5. The third kappa shape index (κ3) is 5.53. The number of carbonyl (C=O) groups is 2. The Balaban J connectivity index is 2.58. The van der Waals surface area contributed by atoms with Crippen molar-refractivity contribution in [3.05, 3.63) is 38.8 Å². The van der Waals surface area contributed by atoms with Crippen molar-refractivity contribution in [2.75, 3.05) is 0 Å². The molecule has 126 valence electrons.